The number of benzene rings is 1. The molecule has 112 valence electrons. The fraction of sp³-hybridized carbons (Fsp3) is 0.571. The molecule has 0 aliphatic carbocycles. The summed E-state index contributed by atoms with van der Waals surface area (Å²) in [5.74, 6) is 0.0463. The monoisotopic (exact) mass is 289 g/mol. The summed E-state index contributed by atoms with van der Waals surface area (Å²) in [7, 11) is 0. The van der Waals surface area contributed by atoms with Crippen LogP contribution in [-0.4, -0.2) is 26.4 Å². The highest BCUT2D eigenvalue weighted by Gasteiger charge is 2.35. The van der Waals surface area contributed by atoms with Gasteiger partial charge in [-0.25, -0.2) is 0 Å². The van der Waals surface area contributed by atoms with E-state index in [0.717, 1.165) is 12.5 Å². The van der Waals surface area contributed by atoms with Crippen molar-refractivity contribution >= 4 is 0 Å². The SMILES string of the molecule is NCCc1ccc(OCC2CCOC2)c(C(F)(F)F)c1. The van der Waals surface area contributed by atoms with E-state index in [1.165, 1.54) is 6.07 Å². The van der Waals surface area contributed by atoms with E-state index in [-0.39, 0.29) is 18.3 Å². The number of ether oxygens (including phenoxy) is 2. The minimum absolute atomic E-state index is 0.120. The molecule has 6 heteroatoms. The summed E-state index contributed by atoms with van der Waals surface area (Å²) in [5.41, 5.74) is 5.20. The predicted octanol–water partition coefficient (Wildman–Crippen LogP) is 2.62. The van der Waals surface area contributed by atoms with Gasteiger partial charge in [-0.1, -0.05) is 6.07 Å². The molecule has 0 aromatic heterocycles. The zero-order valence-corrected chi connectivity index (χ0v) is 11.1. The molecule has 1 unspecified atom stereocenters. The second-order valence-electron chi connectivity index (χ2n) is 4.91. The topological polar surface area (TPSA) is 44.5 Å². The number of rotatable bonds is 5. The highest BCUT2D eigenvalue weighted by atomic mass is 19.4. The van der Waals surface area contributed by atoms with Crippen LogP contribution in [0.25, 0.3) is 0 Å². The van der Waals surface area contributed by atoms with Crippen LogP contribution in [0, 0.1) is 5.92 Å². The molecule has 1 heterocycles. The zero-order valence-electron chi connectivity index (χ0n) is 11.1. The molecular formula is C14H18F3NO2. The highest BCUT2D eigenvalue weighted by molar-refractivity contribution is 5.39. The Kier molecular flexibility index (Phi) is 4.88. The first-order chi connectivity index (χ1) is 9.50. The maximum atomic E-state index is 13.0. The van der Waals surface area contributed by atoms with Crippen molar-refractivity contribution < 1.29 is 22.6 Å². The van der Waals surface area contributed by atoms with Gasteiger partial charge in [0.05, 0.1) is 18.8 Å². The number of hydrogen-bond donors (Lipinski definition) is 1. The molecule has 2 N–H and O–H groups in total. The zero-order chi connectivity index (χ0) is 14.6. The van der Waals surface area contributed by atoms with Gasteiger partial charge < -0.3 is 15.2 Å². The van der Waals surface area contributed by atoms with Gasteiger partial charge in [0.25, 0.3) is 0 Å². The van der Waals surface area contributed by atoms with Crippen LogP contribution in [0.2, 0.25) is 0 Å². The summed E-state index contributed by atoms with van der Waals surface area (Å²) in [6.07, 6.45) is -3.18. The van der Waals surface area contributed by atoms with E-state index >= 15 is 0 Å². The van der Waals surface area contributed by atoms with Crippen molar-refractivity contribution in [2.45, 2.75) is 19.0 Å². The van der Waals surface area contributed by atoms with Crippen LogP contribution >= 0.6 is 0 Å². The van der Waals surface area contributed by atoms with Gasteiger partial charge in [-0.3, -0.25) is 0 Å². The number of nitrogens with two attached hydrogens (primary N) is 1. The standard InChI is InChI=1S/C14H18F3NO2/c15-14(16,17)12-7-10(3-5-18)1-2-13(12)20-9-11-4-6-19-8-11/h1-2,7,11H,3-6,8-9,18H2. The molecule has 0 radical (unpaired) electrons. The summed E-state index contributed by atoms with van der Waals surface area (Å²) < 4.78 is 49.6. The van der Waals surface area contributed by atoms with Gasteiger partial charge in [-0.2, -0.15) is 13.2 Å². The van der Waals surface area contributed by atoms with Crippen molar-refractivity contribution in [2.75, 3.05) is 26.4 Å². The largest absolute Gasteiger partial charge is 0.493 e. The molecule has 0 spiro atoms. The van der Waals surface area contributed by atoms with Crippen molar-refractivity contribution in [3.05, 3.63) is 29.3 Å². The lowest BCUT2D eigenvalue weighted by atomic mass is 10.1. The molecule has 1 aromatic rings. The Labute approximate surface area is 115 Å². The normalized spacial score (nSPS) is 19.3. The van der Waals surface area contributed by atoms with Crippen LogP contribution in [0.5, 0.6) is 5.75 Å². The predicted molar refractivity (Wildman–Crippen MR) is 68.6 cm³/mol. The van der Waals surface area contributed by atoms with Gasteiger partial charge in [-0.15, -0.1) is 0 Å². The lowest BCUT2D eigenvalue weighted by molar-refractivity contribution is -0.139. The molecule has 3 nitrogen and oxygen atoms in total. The van der Waals surface area contributed by atoms with Crippen LogP contribution < -0.4 is 10.5 Å². The van der Waals surface area contributed by atoms with Crippen LogP contribution in [-0.2, 0) is 17.3 Å². The summed E-state index contributed by atoms with van der Waals surface area (Å²) in [5, 5.41) is 0. The van der Waals surface area contributed by atoms with E-state index in [9.17, 15) is 13.2 Å². The first kappa shape index (κ1) is 15.1. The molecule has 1 atom stereocenters. The molecular weight excluding hydrogens is 271 g/mol. The minimum atomic E-state index is -4.42. The van der Waals surface area contributed by atoms with E-state index in [2.05, 4.69) is 0 Å². The first-order valence-corrected chi connectivity index (χ1v) is 6.61. The quantitative estimate of drug-likeness (QED) is 0.906. The van der Waals surface area contributed by atoms with Gasteiger partial charge in [0.15, 0.2) is 0 Å². The minimum Gasteiger partial charge on any atom is -0.493 e. The van der Waals surface area contributed by atoms with Gasteiger partial charge in [-0.05, 0) is 37.1 Å². The summed E-state index contributed by atoms with van der Waals surface area (Å²) in [6, 6.07) is 4.12. The molecule has 0 saturated carbocycles. The second-order valence-corrected chi connectivity index (χ2v) is 4.91. The molecule has 1 aromatic carbocycles. The Hall–Kier alpha value is -1.27. The van der Waals surface area contributed by atoms with Crippen molar-refractivity contribution in [2.24, 2.45) is 11.7 Å². The maximum absolute atomic E-state index is 13.0. The van der Waals surface area contributed by atoms with Crippen LogP contribution in [0.3, 0.4) is 0 Å². The van der Waals surface area contributed by atoms with E-state index in [4.69, 9.17) is 15.2 Å². The third-order valence-corrected chi connectivity index (χ3v) is 3.28. The fourth-order valence-corrected chi connectivity index (χ4v) is 2.17. The van der Waals surface area contributed by atoms with E-state index in [1.54, 1.807) is 6.07 Å². The molecule has 1 aliphatic heterocycles. The average Bonchev–Trinajstić information content (AvgIpc) is 2.89. The molecule has 1 aliphatic rings. The molecule has 1 fully saturated rings. The van der Waals surface area contributed by atoms with Crippen molar-refractivity contribution in [3.8, 4) is 5.75 Å². The van der Waals surface area contributed by atoms with E-state index < -0.39 is 11.7 Å². The summed E-state index contributed by atoms with van der Waals surface area (Å²) >= 11 is 0. The van der Waals surface area contributed by atoms with Crippen molar-refractivity contribution in [1.82, 2.24) is 0 Å². The number of hydrogen-bond acceptors (Lipinski definition) is 3. The number of halogens is 3. The van der Waals surface area contributed by atoms with Gasteiger partial charge in [0.1, 0.15) is 5.75 Å². The highest BCUT2D eigenvalue weighted by Crippen LogP contribution is 2.37. The maximum Gasteiger partial charge on any atom is 0.419 e. The molecule has 2 rings (SSSR count). The molecule has 0 amide bonds. The summed E-state index contributed by atoms with van der Waals surface area (Å²) in [4.78, 5) is 0. The molecule has 0 bridgehead atoms. The van der Waals surface area contributed by atoms with E-state index in [0.29, 0.717) is 31.7 Å². The summed E-state index contributed by atoms with van der Waals surface area (Å²) in [6.45, 7) is 1.76. The lowest BCUT2D eigenvalue weighted by Crippen LogP contribution is -2.15. The van der Waals surface area contributed by atoms with Crippen LogP contribution in [0.1, 0.15) is 17.5 Å². The Morgan fingerprint density at radius 2 is 2.15 bits per heavy atom. The van der Waals surface area contributed by atoms with E-state index in [1.807, 2.05) is 0 Å². The first-order valence-electron chi connectivity index (χ1n) is 6.61. The third-order valence-electron chi connectivity index (χ3n) is 3.28. The average molecular weight is 289 g/mol. The second kappa shape index (κ2) is 6.45. The molecule has 1 saturated heterocycles. The van der Waals surface area contributed by atoms with Crippen molar-refractivity contribution in [1.29, 1.82) is 0 Å². The Morgan fingerprint density at radius 3 is 2.75 bits per heavy atom. The Balaban J connectivity index is 2.13. The Bertz CT molecular complexity index is 443. The van der Waals surface area contributed by atoms with Crippen molar-refractivity contribution in [3.63, 3.8) is 0 Å². The van der Waals surface area contributed by atoms with Gasteiger partial charge >= 0.3 is 6.18 Å². The van der Waals surface area contributed by atoms with Gasteiger partial charge in [0, 0.05) is 12.5 Å². The van der Waals surface area contributed by atoms with Crippen LogP contribution in [0.4, 0.5) is 13.2 Å². The van der Waals surface area contributed by atoms with Gasteiger partial charge in [0.2, 0.25) is 0 Å². The Morgan fingerprint density at radius 1 is 1.35 bits per heavy atom. The number of alkyl halides is 3. The lowest BCUT2D eigenvalue weighted by Gasteiger charge is -2.17. The molecule has 20 heavy (non-hydrogen) atoms. The smallest absolute Gasteiger partial charge is 0.419 e. The third kappa shape index (κ3) is 3.86. The fourth-order valence-electron chi connectivity index (χ4n) is 2.17. The van der Waals surface area contributed by atoms with Crippen LogP contribution in [0.15, 0.2) is 18.2 Å².